The maximum atomic E-state index is 6.78. The van der Waals surface area contributed by atoms with E-state index in [0.717, 1.165) is 90.0 Å². The van der Waals surface area contributed by atoms with Crippen LogP contribution in [0.1, 0.15) is 108 Å². The highest BCUT2D eigenvalue weighted by atomic mass is 32.2. The molecule has 0 amide bonds. The Bertz CT molecular complexity index is 983. The van der Waals surface area contributed by atoms with Gasteiger partial charge in [-0.1, -0.05) is 89.8 Å². The van der Waals surface area contributed by atoms with Crippen molar-refractivity contribution in [1.29, 1.82) is 0 Å². The molecule has 1 aliphatic heterocycles. The average Bonchev–Trinajstić information content (AvgIpc) is 3.02. The molecule has 1 aliphatic rings. The Morgan fingerprint density at radius 3 is 1.86 bits per heavy atom. The summed E-state index contributed by atoms with van der Waals surface area (Å²) in [7, 11) is 0. The summed E-state index contributed by atoms with van der Waals surface area (Å²) in [6, 6.07) is 17.6. The Balaban J connectivity index is 1.92. The largest absolute Gasteiger partial charge is 0.494 e. The first kappa shape index (κ1) is 35.9. The topological polar surface area (TPSA) is 46.2 Å². The molecule has 2 aromatic rings. The molecule has 242 valence electrons. The van der Waals surface area contributed by atoms with Crippen LogP contribution in [-0.2, 0) is 25.4 Å². The molecule has 0 aromatic heterocycles. The van der Waals surface area contributed by atoms with Crippen molar-refractivity contribution in [2.75, 3.05) is 39.6 Å². The average molecular weight is 615 g/mol. The van der Waals surface area contributed by atoms with E-state index in [4.69, 9.17) is 23.7 Å². The van der Waals surface area contributed by atoms with E-state index in [1.807, 2.05) is 18.7 Å². The van der Waals surface area contributed by atoms with Crippen molar-refractivity contribution < 1.29 is 23.7 Å². The van der Waals surface area contributed by atoms with E-state index in [9.17, 15) is 0 Å². The number of hydrogen-bond acceptors (Lipinski definition) is 6. The SMILES string of the molecule is CCCCOC[C@H]1S[C@@H](c2cccc(Cc3ccc(OCC)cc3)c2)[C@H](OCCCC)[C@@H](OCCCC)[C@@H]1OCCCC. The molecule has 0 saturated carbocycles. The van der Waals surface area contributed by atoms with Gasteiger partial charge in [-0.2, -0.15) is 0 Å². The van der Waals surface area contributed by atoms with Gasteiger partial charge in [-0.25, -0.2) is 0 Å². The lowest BCUT2D eigenvalue weighted by Gasteiger charge is -2.46. The third kappa shape index (κ3) is 12.0. The Morgan fingerprint density at radius 2 is 1.23 bits per heavy atom. The second-order valence-corrected chi connectivity index (χ2v) is 13.0. The van der Waals surface area contributed by atoms with Crippen molar-refractivity contribution in [3.8, 4) is 5.75 Å². The third-order valence-electron chi connectivity index (χ3n) is 7.90. The van der Waals surface area contributed by atoms with Crippen molar-refractivity contribution in [1.82, 2.24) is 0 Å². The van der Waals surface area contributed by atoms with Crippen LogP contribution in [0.5, 0.6) is 5.75 Å². The highest BCUT2D eigenvalue weighted by Gasteiger charge is 2.48. The number of hydrogen-bond donors (Lipinski definition) is 0. The predicted molar refractivity (Wildman–Crippen MR) is 181 cm³/mol. The van der Waals surface area contributed by atoms with Crippen molar-refractivity contribution in [2.45, 2.75) is 121 Å². The van der Waals surface area contributed by atoms with Crippen LogP contribution in [-0.4, -0.2) is 63.2 Å². The van der Waals surface area contributed by atoms with Crippen LogP contribution in [0.3, 0.4) is 0 Å². The van der Waals surface area contributed by atoms with E-state index in [-0.39, 0.29) is 28.8 Å². The molecule has 1 heterocycles. The zero-order valence-electron chi connectivity index (χ0n) is 27.6. The summed E-state index contributed by atoms with van der Waals surface area (Å²) in [6.45, 7) is 15.2. The van der Waals surface area contributed by atoms with Crippen LogP contribution in [0, 0.1) is 0 Å². The highest BCUT2D eigenvalue weighted by Crippen LogP contribution is 2.47. The van der Waals surface area contributed by atoms with Gasteiger partial charge in [-0.15, -0.1) is 11.8 Å². The molecule has 0 N–H and O–H groups in total. The van der Waals surface area contributed by atoms with Gasteiger partial charge < -0.3 is 23.7 Å². The minimum atomic E-state index is -0.138. The number of benzene rings is 2. The van der Waals surface area contributed by atoms with Crippen LogP contribution < -0.4 is 4.74 Å². The minimum absolute atomic E-state index is 0.0649. The van der Waals surface area contributed by atoms with Crippen molar-refractivity contribution in [2.24, 2.45) is 0 Å². The lowest BCUT2D eigenvalue weighted by Crippen LogP contribution is -2.55. The zero-order valence-corrected chi connectivity index (χ0v) is 28.4. The molecule has 3 rings (SSSR count). The molecule has 5 atom stereocenters. The molecule has 6 heteroatoms. The molecule has 43 heavy (non-hydrogen) atoms. The summed E-state index contributed by atoms with van der Waals surface area (Å²) in [5.41, 5.74) is 3.87. The summed E-state index contributed by atoms with van der Waals surface area (Å²) in [6.07, 6.45) is 9.23. The van der Waals surface area contributed by atoms with Crippen molar-refractivity contribution >= 4 is 11.8 Å². The predicted octanol–water partition coefficient (Wildman–Crippen LogP) is 9.21. The normalized spacial score (nSPS) is 22.1. The molecule has 0 bridgehead atoms. The van der Waals surface area contributed by atoms with E-state index in [1.54, 1.807) is 0 Å². The summed E-state index contributed by atoms with van der Waals surface area (Å²) in [5.74, 6) is 0.919. The van der Waals surface area contributed by atoms with Gasteiger partial charge in [0.25, 0.3) is 0 Å². The lowest BCUT2D eigenvalue weighted by atomic mass is 9.94. The molecule has 0 radical (unpaired) electrons. The molecule has 1 saturated heterocycles. The Labute approximate surface area is 266 Å². The summed E-state index contributed by atoms with van der Waals surface area (Å²) < 4.78 is 32.1. The molecule has 5 nitrogen and oxygen atoms in total. The summed E-state index contributed by atoms with van der Waals surface area (Å²) in [5, 5.41) is 0.306. The Morgan fingerprint density at radius 1 is 0.628 bits per heavy atom. The number of ether oxygens (including phenoxy) is 5. The molecule has 1 fully saturated rings. The fourth-order valence-corrected chi connectivity index (χ4v) is 7.05. The summed E-state index contributed by atoms with van der Waals surface area (Å²) >= 11 is 1.97. The van der Waals surface area contributed by atoms with E-state index in [0.29, 0.717) is 13.2 Å². The van der Waals surface area contributed by atoms with Gasteiger partial charge in [-0.3, -0.25) is 0 Å². The Kier molecular flexibility index (Phi) is 17.7. The van der Waals surface area contributed by atoms with Crippen molar-refractivity contribution in [3.05, 3.63) is 65.2 Å². The second kappa shape index (κ2) is 21.2. The third-order valence-corrected chi connectivity index (χ3v) is 9.49. The monoisotopic (exact) mass is 614 g/mol. The first-order valence-corrected chi connectivity index (χ1v) is 18.0. The lowest BCUT2D eigenvalue weighted by molar-refractivity contribution is -0.149. The van der Waals surface area contributed by atoms with Crippen LogP contribution in [0.4, 0.5) is 0 Å². The molecule has 0 spiro atoms. The van der Waals surface area contributed by atoms with Gasteiger partial charge in [0, 0.05) is 26.4 Å². The number of rotatable bonds is 22. The zero-order chi connectivity index (χ0) is 30.7. The fourth-order valence-electron chi connectivity index (χ4n) is 5.41. The highest BCUT2D eigenvalue weighted by molar-refractivity contribution is 8.00. The fraction of sp³-hybridized carbons (Fsp3) is 0.676. The first-order chi connectivity index (χ1) is 21.1. The maximum absolute atomic E-state index is 6.78. The minimum Gasteiger partial charge on any atom is -0.494 e. The quantitative estimate of drug-likeness (QED) is 0.123. The van der Waals surface area contributed by atoms with Gasteiger partial charge >= 0.3 is 0 Å². The maximum Gasteiger partial charge on any atom is 0.119 e. The van der Waals surface area contributed by atoms with Crippen LogP contribution >= 0.6 is 11.8 Å². The molecule has 2 aromatic carbocycles. The van der Waals surface area contributed by atoms with Gasteiger partial charge in [0.05, 0.1) is 23.7 Å². The van der Waals surface area contributed by atoms with Crippen LogP contribution in [0.25, 0.3) is 0 Å². The number of thioether (sulfide) groups is 1. The van der Waals surface area contributed by atoms with Crippen LogP contribution in [0.2, 0.25) is 0 Å². The van der Waals surface area contributed by atoms with E-state index < -0.39 is 0 Å². The smallest absolute Gasteiger partial charge is 0.119 e. The van der Waals surface area contributed by atoms with E-state index in [2.05, 4.69) is 76.2 Å². The van der Waals surface area contributed by atoms with Crippen LogP contribution in [0.15, 0.2) is 48.5 Å². The molecule has 0 aliphatic carbocycles. The van der Waals surface area contributed by atoms with Gasteiger partial charge in [0.15, 0.2) is 0 Å². The second-order valence-electron chi connectivity index (χ2n) is 11.6. The van der Waals surface area contributed by atoms with Gasteiger partial charge in [0.2, 0.25) is 0 Å². The van der Waals surface area contributed by atoms with Gasteiger partial charge in [0.1, 0.15) is 24.1 Å². The van der Waals surface area contributed by atoms with Gasteiger partial charge in [-0.05, 0) is 67.9 Å². The first-order valence-electron chi connectivity index (χ1n) is 17.0. The van der Waals surface area contributed by atoms with E-state index >= 15 is 0 Å². The summed E-state index contributed by atoms with van der Waals surface area (Å²) in [4.78, 5) is 0. The molecule has 0 unspecified atom stereocenters. The number of unbranched alkanes of at least 4 members (excludes halogenated alkanes) is 4. The molecular formula is C37H58O5S. The van der Waals surface area contributed by atoms with Crippen molar-refractivity contribution in [3.63, 3.8) is 0 Å². The van der Waals surface area contributed by atoms with E-state index in [1.165, 1.54) is 16.7 Å². The standard InChI is InChI=1S/C37H58O5S/c1-6-11-22-38-28-33-34(40-23-12-7-2)35(41-24-13-8-3)36(42-25-14-9-4)37(43-33)31-17-15-16-30(27-31)26-29-18-20-32(21-19-29)39-10-5/h15-21,27,33-37H,6-14,22-26,28H2,1-5H3/t33-,34-,35+,36-,37+/m1/s1. The Hall–Kier alpha value is -1.57. The molecular weight excluding hydrogens is 556 g/mol.